The van der Waals surface area contributed by atoms with Crippen LogP contribution in [0.25, 0.3) is 0 Å². The number of hydrogen-bond acceptors (Lipinski definition) is 6. The van der Waals surface area contributed by atoms with Gasteiger partial charge in [0.15, 0.2) is 0 Å². The van der Waals surface area contributed by atoms with Crippen molar-refractivity contribution >= 4 is 17.6 Å². The van der Waals surface area contributed by atoms with Crippen molar-refractivity contribution in [3.8, 4) is 17.2 Å². The van der Waals surface area contributed by atoms with Crippen molar-refractivity contribution in [1.29, 1.82) is 0 Å². The van der Waals surface area contributed by atoms with E-state index in [1.54, 1.807) is 18.2 Å². The Bertz CT molecular complexity index is 1170. The molecule has 7 heteroatoms. The Kier molecular flexibility index (Phi) is 14.9. The first kappa shape index (κ1) is 36.0. The van der Waals surface area contributed by atoms with Gasteiger partial charge >= 0.3 is 11.9 Å². The minimum absolute atomic E-state index is 0.169. The summed E-state index contributed by atoms with van der Waals surface area (Å²) < 4.78 is 18.1. The number of carbonyl (C=O) groups is 2. The lowest BCUT2D eigenvalue weighted by Crippen LogP contribution is -2.23. The fourth-order valence-electron chi connectivity index (χ4n) is 5.32. The molecular weight excluding hydrogens is 542 g/mol. The van der Waals surface area contributed by atoms with E-state index in [2.05, 4.69) is 27.7 Å². The molecule has 0 aromatic heterocycles. The average Bonchev–Trinajstić information content (AvgIpc) is 2.91. The maximum absolute atomic E-state index is 12.3. The van der Waals surface area contributed by atoms with Gasteiger partial charge in [0.05, 0.1) is 17.4 Å². The highest BCUT2D eigenvalue weighted by Gasteiger charge is 2.25. The number of esters is 1. The zero-order valence-electron chi connectivity index (χ0n) is 27.6. The molecule has 0 aliphatic rings. The SMILES string of the molecule is CCCCCCCCCCCCC(Cc1c(C(=O)O)ccc(N)c1OC(C)C)Oc1ccc(OC(C)=O)c(C(C)(C)C)c1. The molecule has 2 rings (SSSR count). The van der Waals surface area contributed by atoms with Crippen molar-refractivity contribution in [2.75, 3.05) is 5.73 Å². The number of carboxylic acid groups (broad SMARTS) is 1. The molecule has 0 saturated heterocycles. The first-order chi connectivity index (χ1) is 20.3. The van der Waals surface area contributed by atoms with Crippen molar-refractivity contribution in [2.45, 2.75) is 143 Å². The molecule has 0 amide bonds. The topological polar surface area (TPSA) is 108 Å². The number of carbonyl (C=O) groups excluding carboxylic acids is 1. The summed E-state index contributed by atoms with van der Waals surface area (Å²) in [5, 5.41) is 10.0. The molecule has 0 heterocycles. The van der Waals surface area contributed by atoms with Gasteiger partial charge < -0.3 is 25.1 Å². The van der Waals surface area contributed by atoms with Gasteiger partial charge in [-0.2, -0.15) is 0 Å². The third-order valence-electron chi connectivity index (χ3n) is 7.50. The molecule has 240 valence electrons. The molecule has 2 aromatic rings. The van der Waals surface area contributed by atoms with E-state index in [1.165, 1.54) is 58.3 Å². The van der Waals surface area contributed by atoms with Gasteiger partial charge in [-0.1, -0.05) is 85.5 Å². The number of ether oxygens (including phenoxy) is 3. The number of nitrogens with two attached hydrogens (primary N) is 1. The number of nitrogen functional groups attached to an aromatic ring is 1. The molecule has 43 heavy (non-hydrogen) atoms. The summed E-state index contributed by atoms with van der Waals surface area (Å²) in [6.45, 7) is 13.6. The van der Waals surface area contributed by atoms with Crippen LogP contribution in [0.5, 0.6) is 17.2 Å². The van der Waals surface area contributed by atoms with Crippen molar-refractivity contribution in [3.63, 3.8) is 0 Å². The number of benzene rings is 2. The molecule has 2 aromatic carbocycles. The van der Waals surface area contributed by atoms with Gasteiger partial charge in [0, 0.05) is 24.5 Å². The van der Waals surface area contributed by atoms with Crippen LogP contribution in [0.15, 0.2) is 30.3 Å². The van der Waals surface area contributed by atoms with Crippen LogP contribution in [-0.4, -0.2) is 29.3 Å². The summed E-state index contributed by atoms with van der Waals surface area (Å²) in [6, 6.07) is 8.63. The Morgan fingerprint density at radius 1 is 0.884 bits per heavy atom. The largest absolute Gasteiger partial charge is 0.490 e. The van der Waals surface area contributed by atoms with E-state index in [4.69, 9.17) is 19.9 Å². The number of unbranched alkanes of at least 4 members (excludes halogenated alkanes) is 9. The first-order valence-corrected chi connectivity index (χ1v) is 16.1. The lowest BCUT2D eigenvalue weighted by Gasteiger charge is -2.26. The second-order valence-corrected chi connectivity index (χ2v) is 12.9. The summed E-state index contributed by atoms with van der Waals surface area (Å²) in [7, 11) is 0. The fraction of sp³-hybridized carbons (Fsp3) is 0.611. The predicted molar refractivity (Wildman–Crippen MR) is 175 cm³/mol. The fourth-order valence-corrected chi connectivity index (χ4v) is 5.32. The van der Waals surface area contributed by atoms with Crippen LogP contribution in [0.4, 0.5) is 5.69 Å². The third kappa shape index (κ3) is 12.5. The molecule has 0 spiro atoms. The van der Waals surface area contributed by atoms with E-state index in [1.807, 2.05) is 26.0 Å². The van der Waals surface area contributed by atoms with Crippen LogP contribution in [-0.2, 0) is 16.6 Å². The van der Waals surface area contributed by atoms with Crippen molar-refractivity contribution in [3.05, 3.63) is 47.0 Å². The van der Waals surface area contributed by atoms with Gasteiger partial charge in [0.25, 0.3) is 0 Å². The molecule has 0 saturated carbocycles. The van der Waals surface area contributed by atoms with Gasteiger partial charge in [-0.25, -0.2) is 4.79 Å². The zero-order valence-corrected chi connectivity index (χ0v) is 27.6. The van der Waals surface area contributed by atoms with E-state index in [0.717, 1.165) is 24.8 Å². The normalized spacial score (nSPS) is 12.3. The number of rotatable bonds is 19. The molecule has 7 nitrogen and oxygen atoms in total. The Morgan fingerprint density at radius 2 is 1.49 bits per heavy atom. The quantitative estimate of drug-likeness (QED) is 0.0719. The molecular formula is C36H55NO6. The minimum Gasteiger partial charge on any atom is -0.490 e. The zero-order chi connectivity index (χ0) is 32.0. The predicted octanol–water partition coefficient (Wildman–Crippen LogP) is 9.28. The monoisotopic (exact) mass is 597 g/mol. The summed E-state index contributed by atoms with van der Waals surface area (Å²) in [4.78, 5) is 24.0. The Morgan fingerprint density at radius 3 is 2.02 bits per heavy atom. The van der Waals surface area contributed by atoms with Crippen LogP contribution in [0.2, 0.25) is 0 Å². The molecule has 0 fully saturated rings. The standard InChI is InChI=1S/C36H55NO6/c1-8-9-10-11-12-13-14-15-16-17-18-27(23-30-29(35(39)40)20-21-32(37)34(30)41-25(2)3)43-28-19-22-33(42-26(4)38)31(24-28)36(5,6)7/h19-22,24-25,27H,8-18,23,37H2,1-7H3,(H,39,40). The van der Waals surface area contributed by atoms with Crippen LogP contribution >= 0.6 is 0 Å². The summed E-state index contributed by atoms with van der Waals surface area (Å²) in [6.07, 6.45) is 12.9. The maximum Gasteiger partial charge on any atom is 0.336 e. The van der Waals surface area contributed by atoms with E-state index in [-0.39, 0.29) is 29.2 Å². The van der Waals surface area contributed by atoms with Gasteiger partial charge in [0.2, 0.25) is 0 Å². The molecule has 1 unspecified atom stereocenters. The molecule has 0 radical (unpaired) electrons. The van der Waals surface area contributed by atoms with Gasteiger partial charge in [-0.05, 0) is 62.4 Å². The van der Waals surface area contributed by atoms with Crippen molar-refractivity contribution < 1.29 is 28.9 Å². The lowest BCUT2D eigenvalue weighted by atomic mass is 9.86. The van der Waals surface area contributed by atoms with Crippen LogP contribution in [0.1, 0.15) is 141 Å². The van der Waals surface area contributed by atoms with Crippen LogP contribution in [0, 0.1) is 0 Å². The number of carboxylic acids is 1. The van der Waals surface area contributed by atoms with Crippen molar-refractivity contribution in [1.82, 2.24) is 0 Å². The molecule has 3 N–H and O–H groups in total. The Balaban J connectivity index is 2.30. The van der Waals surface area contributed by atoms with Gasteiger partial charge in [0.1, 0.15) is 23.4 Å². The maximum atomic E-state index is 12.3. The van der Waals surface area contributed by atoms with E-state index < -0.39 is 5.97 Å². The van der Waals surface area contributed by atoms with Gasteiger partial charge in [-0.15, -0.1) is 0 Å². The number of hydrogen-bond donors (Lipinski definition) is 2. The second kappa shape index (κ2) is 17.8. The molecule has 0 bridgehead atoms. The third-order valence-corrected chi connectivity index (χ3v) is 7.50. The van der Waals surface area contributed by atoms with E-state index in [9.17, 15) is 14.7 Å². The molecule has 1 atom stereocenters. The van der Waals surface area contributed by atoms with Crippen LogP contribution in [0.3, 0.4) is 0 Å². The second-order valence-electron chi connectivity index (χ2n) is 12.9. The Labute approximate surface area is 259 Å². The van der Waals surface area contributed by atoms with Crippen molar-refractivity contribution in [2.24, 2.45) is 0 Å². The Hall–Kier alpha value is -3.22. The smallest absolute Gasteiger partial charge is 0.336 e. The molecule has 0 aliphatic carbocycles. The number of aromatic carboxylic acids is 1. The summed E-state index contributed by atoms with van der Waals surface area (Å²) in [5.74, 6) is 0.160. The average molecular weight is 598 g/mol. The molecule has 0 aliphatic heterocycles. The summed E-state index contributed by atoms with van der Waals surface area (Å²) >= 11 is 0. The highest BCUT2D eigenvalue weighted by molar-refractivity contribution is 5.91. The van der Waals surface area contributed by atoms with Gasteiger partial charge in [-0.3, -0.25) is 4.79 Å². The highest BCUT2D eigenvalue weighted by atomic mass is 16.5. The van der Waals surface area contributed by atoms with Crippen LogP contribution < -0.4 is 19.9 Å². The minimum atomic E-state index is -1.03. The van der Waals surface area contributed by atoms with E-state index in [0.29, 0.717) is 34.9 Å². The lowest BCUT2D eigenvalue weighted by molar-refractivity contribution is -0.131. The highest BCUT2D eigenvalue weighted by Crippen LogP contribution is 2.37. The number of anilines is 1. The summed E-state index contributed by atoms with van der Waals surface area (Å²) in [5.41, 5.74) is 7.99. The first-order valence-electron chi connectivity index (χ1n) is 16.1. The van der Waals surface area contributed by atoms with E-state index >= 15 is 0 Å².